The molecule has 1 aliphatic heterocycles. The highest BCUT2D eigenvalue weighted by atomic mass is 32.2. The van der Waals surface area contributed by atoms with Crippen molar-refractivity contribution in [3.8, 4) is 0 Å². The Hall–Kier alpha value is -1.69. The third-order valence-electron chi connectivity index (χ3n) is 3.84. The molecule has 1 fully saturated rings. The van der Waals surface area contributed by atoms with E-state index in [9.17, 15) is 9.00 Å². The number of rotatable bonds is 2. The number of imidazole rings is 1. The van der Waals surface area contributed by atoms with Gasteiger partial charge in [0.25, 0.3) is 0 Å². The molecule has 20 heavy (non-hydrogen) atoms. The Morgan fingerprint density at radius 1 is 1.40 bits per heavy atom. The van der Waals surface area contributed by atoms with Gasteiger partial charge >= 0.3 is 5.97 Å². The molecule has 3 rings (SSSR count). The molecular formula is C14H16N2O3S. The summed E-state index contributed by atoms with van der Waals surface area (Å²) in [5.74, 6) is 1.38. The molecule has 2 aromatic rings. The molecule has 106 valence electrons. The standard InChI is InChI=1S/C14H16N2O3S/c1-9-15-12-3-2-10(14(17)18)8-13(12)16(9)11-4-6-20(19)7-5-11/h2-3,8,11H,4-7H2,1H3,(H,17,18). The number of hydrogen-bond donors (Lipinski definition) is 1. The lowest BCUT2D eigenvalue weighted by Gasteiger charge is -2.24. The number of aromatic nitrogens is 2. The molecule has 1 aromatic heterocycles. The minimum Gasteiger partial charge on any atom is -0.478 e. The zero-order chi connectivity index (χ0) is 14.3. The van der Waals surface area contributed by atoms with Crippen LogP contribution in [0, 0.1) is 6.92 Å². The van der Waals surface area contributed by atoms with Crippen LogP contribution in [0.1, 0.15) is 35.1 Å². The number of benzene rings is 1. The van der Waals surface area contributed by atoms with E-state index in [1.165, 1.54) is 0 Å². The molecule has 6 heteroatoms. The van der Waals surface area contributed by atoms with Crippen LogP contribution in [-0.2, 0) is 10.8 Å². The van der Waals surface area contributed by atoms with Gasteiger partial charge in [-0.05, 0) is 38.0 Å². The lowest BCUT2D eigenvalue weighted by Crippen LogP contribution is -2.22. The topological polar surface area (TPSA) is 72.2 Å². The molecule has 0 spiro atoms. The van der Waals surface area contributed by atoms with Crippen LogP contribution in [0.15, 0.2) is 18.2 Å². The number of nitrogens with zero attached hydrogens (tertiary/aromatic N) is 2. The number of carbonyl (C=O) groups is 1. The monoisotopic (exact) mass is 292 g/mol. The fourth-order valence-corrected chi connectivity index (χ4v) is 4.12. The quantitative estimate of drug-likeness (QED) is 0.920. The maximum atomic E-state index is 11.5. The first-order valence-corrected chi connectivity index (χ1v) is 8.12. The fraction of sp³-hybridized carbons (Fsp3) is 0.429. The van der Waals surface area contributed by atoms with Gasteiger partial charge in [0, 0.05) is 28.3 Å². The lowest BCUT2D eigenvalue weighted by atomic mass is 10.1. The van der Waals surface area contributed by atoms with E-state index in [0.29, 0.717) is 11.5 Å². The van der Waals surface area contributed by atoms with Crippen LogP contribution in [0.25, 0.3) is 11.0 Å². The van der Waals surface area contributed by atoms with Gasteiger partial charge in [-0.1, -0.05) is 0 Å². The summed E-state index contributed by atoms with van der Waals surface area (Å²) in [6.45, 7) is 1.94. The second-order valence-electron chi connectivity index (χ2n) is 5.12. The minimum atomic E-state index is -0.929. The molecule has 0 saturated carbocycles. The van der Waals surface area contributed by atoms with Gasteiger partial charge in [0.2, 0.25) is 0 Å². The van der Waals surface area contributed by atoms with Crippen molar-refractivity contribution in [3.05, 3.63) is 29.6 Å². The van der Waals surface area contributed by atoms with Crippen LogP contribution in [0.2, 0.25) is 0 Å². The number of carboxylic acid groups (broad SMARTS) is 1. The average molecular weight is 292 g/mol. The highest BCUT2D eigenvalue weighted by Gasteiger charge is 2.23. The van der Waals surface area contributed by atoms with Crippen LogP contribution >= 0.6 is 0 Å². The third-order valence-corrected chi connectivity index (χ3v) is 5.22. The van der Waals surface area contributed by atoms with Crippen molar-refractivity contribution in [2.45, 2.75) is 25.8 Å². The van der Waals surface area contributed by atoms with Crippen LogP contribution in [0.3, 0.4) is 0 Å². The number of hydrogen-bond acceptors (Lipinski definition) is 3. The Balaban J connectivity index is 2.09. The van der Waals surface area contributed by atoms with Gasteiger partial charge in [-0.25, -0.2) is 9.78 Å². The predicted molar refractivity (Wildman–Crippen MR) is 77.6 cm³/mol. The molecule has 0 bridgehead atoms. The molecule has 1 aliphatic rings. The second kappa shape index (κ2) is 5.01. The smallest absolute Gasteiger partial charge is 0.335 e. The van der Waals surface area contributed by atoms with Gasteiger partial charge in [0.1, 0.15) is 5.82 Å². The zero-order valence-corrected chi connectivity index (χ0v) is 12.0. The third kappa shape index (κ3) is 2.24. The Kier molecular flexibility index (Phi) is 3.33. The van der Waals surface area contributed by atoms with E-state index in [0.717, 1.165) is 29.7 Å². The fourth-order valence-electron chi connectivity index (χ4n) is 2.85. The molecule has 1 aromatic carbocycles. The number of aryl methyl sites for hydroxylation is 1. The molecule has 0 amide bonds. The number of aromatic carboxylic acids is 1. The van der Waals surface area contributed by atoms with Crippen LogP contribution in [0.5, 0.6) is 0 Å². The van der Waals surface area contributed by atoms with E-state index < -0.39 is 16.8 Å². The Morgan fingerprint density at radius 2 is 2.10 bits per heavy atom. The summed E-state index contributed by atoms with van der Waals surface area (Å²) >= 11 is 0. The average Bonchev–Trinajstić information content (AvgIpc) is 2.75. The van der Waals surface area contributed by atoms with E-state index in [1.807, 2.05) is 6.92 Å². The van der Waals surface area contributed by atoms with Gasteiger partial charge in [-0.2, -0.15) is 0 Å². The summed E-state index contributed by atoms with van der Waals surface area (Å²) in [5.41, 5.74) is 1.96. The Bertz CT molecular complexity index is 698. The van der Waals surface area contributed by atoms with Crippen molar-refractivity contribution in [2.24, 2.45) is 0 Å². The Morgan fingerprint density at radius 3 is 2.75 bits per heavy atom. The summed E-state index contributed by atoms with van der Waals surface area (Å²) in [5, 5.41) is 9.12. The van der Waals surface area contributed by atoms with Crippen LogP contribution < -0.4 is 0 Å². The highest BCUT2D eigenvalue weighted by molar-refractivity contribution is 7.85. The van der Waals surface area contributed by atoms with Crippen molar-refractivity contribution >= 4 is 27.8 Å². The van der Waals surface area contributed by atoms with Gasteiger partial charge < -0.3 is 9.67 Å². The highest BCUT2D eigenvalue weighted by Crippen LogP contribution is 2.29. The Labute approximate surface area is 119 Å². The zero-order valence-electron chi connectivity index (χ0n) is 11.2. The molecule has 1 N–H and O–H groups in total. The van der Waals surface area contributed by atoms with Crippen molar-refractivity contribution in [3.63, 3.8) is 0 Å². The molecule has 0 aliphatic carbocycles. The molecule has 0 unspecified atom stereocenters. The summed E-state index contributed by atoms with van der Waals surface area (Å²) in [4.78, 5) is 15.6. The lowest BCUT2D eigenvalue weighted by molar-refractivity contribution is 0.0697. The van der Waals surface area contributed by atoms with E-state index in [2.05, 4.69) is 9.55 Å². The van der Waals surface area contributed by atoms with Crippen molar-refractivity contribution in [1.82, 2.24) is 9.55 Å². The van der Waals surface area contributed by atoms with Crippen LogP contribution in [-0.4, -0.2) is 36.3 Å². The number of fused-ring (bicyclic) bond motifs is 1. The molecule has 0 atom stereocenters. The molecule has 1 saturated heterocycles. The summed E-state index contributed by atoms with van der Waals surface area (Å²) in [6, 6.07) is 5.28. The molecule has 2 heterocycles. The molecule has 5 nitrogen and oxygen atoms in total. The normalized spacial score (nSPS) is 23.1. The van der Waals surface area contributed by atoms with E-state index in [-0.39, 0.29) is 11.6 Å². The van der Waals surface area contributed by atoms with Gasteiger partial charge in [0.05, 0.1) is 16.6 Å². The van der Waals surface area contributed by atoms with Gasteiger partial charge in [-0.3, -0.25) is 4.21 Å². The van der Waals surface area contributed by atoms with Gasteiger partial charge in [-0.15, -0.1) is 0 Å². The van der Waals surface area contributed by atoms with Gasteiger partial charge in [0.15, 0.2) is 0 Å². The summed E-state index contributed by atoms with van der Waals surface area (Å²) in [7, 11) is -0.702. The van der Waals surface area contributed by atoms with Crippen LogP contribution in [0.4, 0.5) is 0 Å². The van der Waals surface area contributed by atoms with Crippen molar-refractivity contribution < 1.29 is 14.1 Å². The SMILES string of the molecule is Cc1nc2ccc(C(=O)O)cc2n1C1CCS(=O)CC1. The maximum absolute atomic E-state index is 11.5. The van der Waals surface area contributed by atoms with E-state index in [4.69, 9.17) is 5.11 Å². The summed E-state index contributed by atoms with van der Waals surface area (Å²) < 4.78 is 13.6. The first-order chi connectivity index (χ1) is 9.56. The van der Waals surface area contributed by atoms with E-state index in [1.54, 1.807) is 18.2 Å². The van der Waals surface area contributed by atoms with E-state index >= 15 is 0 Å². The maximum Gasteiger partial charge on any atom is 0.335 e. The van der Waals surface area contributed by atoms with Crippen molar-refractivity contribution in [1.29, 1.82) is 0 Å². The number of carboxylic acids is 1. The summed E-state index contributed by atoms with van der Waals surface area (Å²) in [6.07, 6.45) is 1.71. The van der Waals surface area contributed by atoms with Crippen molar-refractivity contribution in [2.75, 3.05) is 11.5 Å². The predicted octanol–water partition coefficient (Wildman–Crippen LogP) is 2.13. The first kappa shape index (κ1) is 13.3. The largest absolute Gasteiger partial charge is 0.478 e. The minimum absolute atomic E-state index is 0.266. The second-order valence-corrected chi connectivity index (χ2v) is 6.81. The molecule has 0 radical (unpaired) electrons. The first-order valence-electron chi connectivity index (χ1n) is 6.63. The molecular weight excluding hydrogens is 276 g/mol.